The molecule has 0 saturated heterocycles. The van der Waals surface area contributed by atoms with Crippen LogP contribution in [0, 0.1) is 0 Å². The Labute approximate surface area is 89.7 Å². The quantitative estimate of drug-likeness (QED) is 0.735. The summed E-state index contributed by atoms with van der Waals surface area (Å²) in [7, 11) is 1.80. The number of nitrogens with one attached hydrogen (secondary N) is 2. The summed E-state index contributed by atoms with van der Waals surface area (Å²) in [6, 6.07) is 2.14. The second kappa shape index (κ2) is 4.95. The summed E-state index contributed by atoms with van der Waals surface area (Å²) in [4.78, 5) is 0. The number of nitrogens with zero attached hydrogens (tertiary/aromatic N) is 2. The van der Waals surface area contributed by atoms with Gasteiger partial charge < -0.3 is 10.6 Å². The number of rotatable bonds is 3. The van der Waals surface area contributed by atoms with E-state index in [2.05, 4.69) is 22.7 Å². The van der Waals surface area contributed by atoms with Crippen molar-refractivity contribution in [2.24, 2.45) is 0 Å². The van der Waals surface area contributed by atoms with Crippen LogP contribution < -0.4 is 10.6 Å². The van der Waals surface area contributed by atoms with Gasteiger partial charge in [-0.05, 0) is 32.1 Å². The fraction of sp³-hybridized carbons (Fsp3) is 0.556. The highest BCUT2D eigenvalue weighted by atomic mass is 32.1. The van der Waals surface area contributed by atoms with Crippen molar-refractivity contribution in [2.45, 2.75) is 26.4 Å². The molecule has 0 bridgehead atoms. The maximum Gasteiger partial charge on any atom is 0.166 e. The van der Waals surface area contributed by atoms with E-state index < -0.39 is 0 Å². The lowest BCUT2D eigenvalue weighted by atomic mass is 10.2. The number of hydrogen-bond acceptors (Lipinski definition) is 2. The fourth-order valence-electron chi connectivity index (χ4n) is 1.13. The number of aromatic nitrogens is 2. The number of hydrogen-bond donors (Lipinski definition) is 2. The van der Waals surface area contributed by atoms with Gasteiger partial charge in [-0.25, -0.2) is 0 Å². The highest BCUT2D eigenvalue weighted by molar-refractivity contribution is 7.80. The zero-order valence-corrected chi connectivity index (χ0v) is 9.56. The van der Waals surface area contributed by atoms with Gasteiger partial charge in [-0.2, -0.15) is 5.10 Å². The molecule has 0 amide bonds. The van der Waals surface area contributed by atoms with Crippen molar-refractivity contribution in [2.75, 3.05) is 7.05 Å². The lowest BCUT2D eigenvalue weighted by Crippen LogP contribution is -2.34. The van der Waals surface area contributed by atoms with Gasteiger partial charge in [-0.3, -0.25) is 4.68 Å². The van der Waals surface area contributed by atoms with E-state index in [1.807, 2.05) is 23.9 Å². The second-order valence-corrected chi connectivity index (χ2v) is 3.45. The first-order valence-electron chi connectivity index (χ1n) is 4.69. The van der Waals surface area contributed by atoms with E-state index >= 15 is 0 Å². The van der Waals surface area contributed by atoms with E-state index in [0.29, 0.717) is 5.11 Å². The monoisotopic (exact) mass is 212 g/mol. The first-order valence-corrected chi connectivity index (χ1v) is 5.09. The zero-order chi connectivity index (χ0) is 10.6. The highest BCUT2D eigenvalue weighted by Crippen LogP contribution is 2.08. The molecule has 2 N–H and O–H groups in total. The van der Waals surface area contributed by atoms with E-state index in [1.165, 1.54) is 0 Å². The van der Waals surface area contributed by atoms with Crippen LogP contribution in [-0.4, -0.2) is 21.9 Å². The van der Waals surface area contributed by atoms with E-state index in [4.69, 9.17) is 12.2 Å². The second-order valence-electron chi connectivity index (χ2n) is 3.04. The molecule has 0 aliphatic heterocycles. The van der Waals surface area contributed by atoms with Crippen LogP contribution in [0.3, 0.4) is 0 Å². The molecule has 0 fully saturated rings. The minimum absolute atomic E-state index is 0.141. The van der Waals surface area contributed by atoms with Gasteiger partial charge in [0.25, 0.3) is 0 Å². The summed E-state index contributed by atoms with van der Waals surface area (Å²) in [5.74, 6) is 0. The molecule has 14 heavy (non-hydrogen) atoms. The Morgan fingerprint density at radius 3 is 2.93 bits per heavy atom. The Kier molecular flexibility index (Phi) is 3.88. The van der Waals surface area contributed by atoms with Crippen molar-refractivity contribution < 1.29 is 0 Å². The van der Waals surface area contributed by atoms with Gasteiger partial charge in [0, 0.05) is 19.8 Å². The molecule has 1 unspecified atom stereocenters. The van der Waals surface area contributed by atoms with E-state index in [9.17, 15) is 0 Å². The van der Waals surface area contributed by atoms with Crippen molar-refractivity contribution in [3.8, 4) is 0 Å². The van der Waals surface area contributed by atoms with E-state index in [1.54, 1.807) is 7.05 Å². The van der Waals surface area contributed by atoms with Crippen LogP contribution in [0.2, 0.25) is 0 Å². The fourth-order valence-corrected chi connectivity index (χ4v) is 1.30. The standard InChI is InChI=1S/C9H16N4S/c1-4-13-6-5-8(12-13)7(2)11-9(14)10-3/h5-7H,4H2,1-3H3,(H2,10,11,14). The van der Waals surface area contributed by atoms with Crippen LogP contribution in [0.1, 0.15) is 25.6 Å². The largest absolute Gasteiger partial charge is 0.366 e. The average molecular weight is 212 g/mol. The van der Waals surface area contributed by atoms with Gasteiger partial charge in [0.2, 0.25) is 0 Å². The third kappa shape index (κ3) is 2.70. The molecule has 0 aliphatic carbocycles. The Hall–Kier alpha value is -1.10. The van der Waals surface area contributed by atoms with Crippen LogP contribution in [0.4, 0.5) is 0 Å². The third-order valence-electron chi connectivity index (χ3n) is 2.00. The average Bonchev–Trinajstić information content (AvgIpc) is 2.65. The molecule has 0 radical (unpaired) electrons. The first-order chi connectivity index (χ1) is 6.67. The normalized spacial score (nSPS) is 12.2. The van der Waals surface area contributed by atoms with Crippen LogP contribution in [0.25, 0.3) is 0 Å². The Morgan fingerprint density at radius 1 is 1.71 bits per heavy atom. The molecule has 1 rings (SSSR count). The van der Waals surface area contributed by atoms with Crippen molar-refractivity contribution in [1.82, 2.24) is 20.4 Å². The lowest BCUT2D eigenvalue weighted by molar-refractivity contribution is 0.611. The molecule has 1 heterocycles. The molecule has 5 heteroatoms. The van der Waals surface area contributed by atoms with Crippen molar-refractivity contribution in [3.63, 3.8) is 0 Å². The molecular formula is C9H16N4S. The van der Waals surface area contributed by atoms with Crippen molar-refractivity contribution in [3.05, 3.63) is 18.0 Å². The molecule has 0 aliphatic rings. The Morgan fingerprint density at radius 2 is 2.43 bits per heavy atom. The van der Waals surface area contributed by atoms with Crippen molar-refractivity contribution >= 4 is 17.3 Å². The topological polar surface area (TPSA) is 41.9 Å². The van der Waals surface area contributed by atoms with Crippen LogP contribution in [-0.2, 0) is 6.54 Å². The van der Waals surface area contributed by atoms with Crippen LogP contribution in [0.5, 0.6) is 0 Å². The SMILES string of the molecule is CCn1ccc(C(C)NC(=S)NC)n1. The molecule has 0 spiro atoms. The summed E-state index contributed by atoms with van der Waals surface area (Å²) in [6.45, 7) is 4.99. The smallest absolute Gasteiger partial charge is 0.166 e. The van der Waals surface area contributed by atoms with Gasteiger partial charge in [0.15, 0.2) is 5.11 Å². The van der Waals surface area contributed by atoms with Gasteiger partial charge in [-0.15, -0.1) is 0 Å². The van der Waals surface area contributed by atoms with Gasteiger partial charge in [0.05, 0.1) is 11.7 Å². The Balaban J connectivity index is 2.60. The molecule has 1 aromatic rings. The third-order valence-corrected chi connectivity index (χ3v) is 2.33. The maximum atomic E-state index is 5.01. The van der Waals surface area contributed by atoms with Crippen molar-refractivity contribution in [1.29, 1.82) is 0 Å². The molecule has 78 valence electrons. The summed E-state index contributed by atoms with van der Waals surface area (Å²) in [6.07, 6.45) is 1.97. The molecule has 4 nitrogen and oxygen atoms in total. The summed E-state index contributed by atoms with van der Waals surface area (Å²) in [5, 5.41) is 11.0. The molecule has 0 saturated carbocycles. The number of aryl methyl sites for hydroxylation is 1. The molecule has 1 atom stereocenters. The predicted molar refractivity (Wildman–Crippen MR) is 61.1 cm³/mol. The van der Waals surface area contributed by atoms with E-state index in [-0.39, 0.29) is 6.04 Å². The Bertz CT molecular complexity index is 308. The molecular weight excluding hydrogens is 196 g/mol. The summed E-state index contributed by atoms with van der Waals surface area (Å²) < 4.78 is 1.90. The number of thiocarbonyl (C=S) groups is 1. The minimum atomic E-state index is 0.141. The first kappa shape index (κ1) is 11.0. The highest BCUT2D eigenvalue weighted by Gasteiger charge is 2.08. The van der Waals surface area contributed by atoms with Crippen LogP contribution in [0.15, 0.2) is 12.3 Å². The summed E-state index contributed by atoms with van der Waals surface area (Å²) >= 11 is 5.01. The maximum absolute atomic E-state index is 5.01. The van der Waals surface area contributed by atoms with Gasteiger partial charge in [0.1, 0.15) is 0 Å². The van der Waals surface area contributed by atoms with Crippen LogP contribution >= 0.6 is 12.2 Å². The molecule has 0 aromatic carbocycles. The predicted octanol–water partition coefficient (Wildman–Crippen LogP) is 1.06. The minimum Gasteiger partial charge on any atom is -0.366 e. The zero-order valence-electron chi connectivity index (χ0n) is 8.74. The summed E-state index contributed by atoms with van der Waals surface area (Å²) in [5.41, 5.74) is 1.00. The van der Waals surface area contributed by atoms with E-state index in [0.717, 1.165) is 12.2 Å². The lowest BCUT2D eigenvalue weighted by Gasteiger charge is -2.12. The molecule has 1 aromatic heterocycles. The van der Waals surface area contributed by atoms with Gasteiger partial charge in [-0.1, -0.05) is 0 Å². The van der Waals surface area contributed by atoms with Gasteiger partial charge >= 0.3 is 0 Å².